The highest BCUT2D eigenvalue weighted by Gasteiger charge is 2.16. The summed E-state index contributed by atoms with van der Waals surface area (Å²) in [5, 5.41) is 8.60. The molecule has 0 saturated heterocycles. The first-order chi connectivity index (χ1) is 11.8. The van der Waals surface area contributed by atoms with Gasteiger partial charge in [0.2, 0.25) is 11.7 Å². The quantitative estimate of drug-likeness (QED) is 0.783. The van der Waals surface area contributed by atoms with Crippen molar-refractivity contribution in [3.8, 4) is 22.2 Å². The Kier molecular flexibility index (Phi) is 3.87. The van der Waals surface area contributed by atoms with Crippen molar-refractivity contribution in [3.63, 3.8) is 0 Å². The second-order valence-electron chi connectivity index (χ2n) is 5.03. The Labute approximate surface area is 141 Å². The van der Waals surface area contributed by atoms with Crippen LogP contribution in [0.4, 0.5) is 0 Å². The molecule has 24 heavy (non-hydrogen) atoms. The number of ether oxygens (including phenoxy) is 2. The number of rotatable bonds is 4. The largest absolute Gasteiger partial charge is 0.486 e. The van der Waals surface area contributed by atoms with Crippen LogP contribution < -0.4 is 14.8 Å². The van der Waals surface area contributed by atoms with Gasteiger partial charge in [-0.15, -0.1) is 11.3 Å². The van der Waals surface area contributed by atoms with Gasteiger partial charge in [-0.25, -0.2) is 0 Å². The minimum Gasteiger partial charge on any atom is -0.486 e. The van der Waals surface area contributed by atoms with Gasteiger partial charge in [-0.1, -0.05) is 11.2 Å². The van der Waals surface area contributed by atoms with E-state index >= 15 is 0 Å². The minimum absolute atomic E-state index is 0.158. The summed E-state index contributed by atoms with van der Waals surface area (Å²) in [5.41, 5.74) is 0.484. The van der Waals surface area contributed by atoms with Gasteiger partial charge in [0.25, 0.3) is 5.91 Å². The van der Waals surface area contributed by atoms with Crippen LogP contribution in [0.1, 0.15) is 16.2 Å². The number of carbonyl (C=O) groups excluding carboxylic acids is 1. The number of nitrogens with one attached hydrogen (secondary N) is 1. The first-order valence-electron chi connectivity index (χ1n) is 7.34. The zero-order chi connectivity index (χ0) is 16.4. The van der Waals surface area contributed by atoms with Crippen LogP contribution in [0.15, 0.2) is 40.2 Å². The number of aromatic nitrogens is 2. The maximum Gasteiger partial charge on any atom is 0.251 e. The summed E-state index contributed by atoms with van der Waals surface area (Å²) in [5.74, 6) is 1.85. The fourth-order valence-corrected chi connectivity index (χ4v) is 2.92. The number of amides is 1. The first kappa shape index (κ1) is 14.7. The van der Waals surface area contributed by atoms with Gasteiger partial charge in [0.1, 0.15) is 13.2 Å². The number of nitrogens with zero attached hydrogens (tertiary/aromatic N) is 2. The summed E-state index contributed by atoms with van der Waals surface area (Å²) in [6, 6.07) is 8.90. The van der Waals surface area contributed by atoms with Gasteiger partial charge in [-0.05, 0) is 29.6 Å². The van der Waals surface area contributed by atoms with Crippen molar-refractivity contribution in [3.05, 3.63) is 47.2 Å². The molecule has 0 saturated carbocycles. The molecule has 3 aromatic rings. The van der Waals surface area contributed by atoms with Gasteiger partial charge >= 0.3 is 0 Å². The predicted molar refractivity (Wildman–Crippen MR) is 86.2 cm³/mol. The fraction of sp³-hybridized carbons (Fsp3) is 0.188. The molecule has 4 rings (SSSR count). The molecule has 2 aromatic heterocycles. The maximum atomic E-state index is 12.2. The van der Waals surface area contributed by atoms with E-state index in [2.05, 4.69) is 15.5 Å². The van der Waals surface area contributed by atoms with Crippen molar-refractivity contribution in [1.29, 1.82) is 0 Å². The monoisotopic (exact) mass is 343 g/mol. The molecule has 0 bridgehead atoms. The zero-order valence-corrected chi connectivity index (χ0v) is 13.3. The highest BCUT2D eigenvalue weighted by atomic mass is 32.1. The molecule has 0 aliphatic carbocycles. The Morgan fingerprint density at radius 3 is 2.92 bits per heavy atom. The summed E-state index contributed by atoms with van der Waals surface area (Å²) in [7, 11) is 0. The van der Waals surface area contributed by atoms with E-state index in [4.69, 9.17) is 14.0 Å². The topological polar surface area (TPSA) is 86.5 Å². The molecule has 0 fully saturated rings. The number of hydrogen-bond donors (Lipinski definition) is 1. The summed E-state index contributed by atoms with van der Waals surface area (Å²) < 4.78 is 16.1. The van der Waals surface area contributed by atoms with Crippen molar-refractivity contribution in [2.24, 2.45) is 0 Å². The Morgan fingerprint density at radius 2 is 2.08 bits per heavy atom. The Bertz CT molecular complexity index is 860. The Morgan fingerprint density at radius 1 is 1.21 bits per heavy atom. The normalized spacial score (nSPS) is 12.8. The lowest BCUT2D eigenvalue weighted by molar-refractivity contribution is 0.0945. The smallest absolute Gasteiger partial charge is 0.251 e. The lowest BCUT2D eigenvalue weighted by Gasteiger charge is -2.18. The van der Waals surface area contributed by atoms with E-state index in [9.17, 15) is 4.79 Å². The molecule has 1 N–H and O–H groups in total. The number of benzene rings is 1. The maximum absolute atomic E-state index is 12.2. The average molecular weight is 343 g/mol. The van der Waals surface area contributed by atoms with Crippen molar-refractivity contribution < 1.29 is 18.8 Å². The van der Waals surface area contributed by atoms with Crippen LogP contribution in [-0.4, -0.2) is 29.3 Å². The minimum atomic E-state index is -0.247. The molecule has 122 valence electrons. The second kappa shape index (κ2) is 6.32. The van der Waals surface area contributed by atoms with E-state index in [1.54, 1.807) is 18.2 Å². The predicted octanol–water partition coefficient (Wildman–Crippen LogP) is 2.50. The third-order valence-corrected chi connectivity index (χ3v) is 4.28. The van der Waals surface area contributed by atoms with E-state index in [0.29, 0.717) is 42.0 Å². The molecular weight excluding hydrogens is 330 g/mol. The first-order valence-corrected chi connectivity index (χ1v) is 8.22. The van der Waals surface area contributed by atoms with Crippen LogP contribution in [0.5, 0.6) is 11.5 Å². The number of carbonyl (C=O) groups is 1. The average Bonchev–Trinajstić information content (AvgIpc) is 3.30. The third-order valence-electron chi connectivity index (χ3n) is 3.41. The Balaban J connectivity index is 1.41. The van der Waals surface area contributed by atoms with Crippen LogP contribution in [-0.2, 0) is 6.54 Å². The fourth-order valence-electron chi connectivity index (χ4n) is 2.28. The van der Waals surface area contributed by atoms with E-state index in [1.807, 2.05) is 17.5 Å². The van der Waals surface area contributed by atoms with Crippen molar-refractivity contribution in [2.75, 3.05) is 13.2 Å². The Hall–Kier alpha value is -2.87. The molecule has 1 amide bonds. The summed E-state index contributed by atoms with van der Waals surface area (Å²) >= 11 is 1.53. The number of thiophene rings is 1. The second-order valence-corrected chi connectivity index (χ2v) is 5.98. The third kappa shape index (κ3) is 2.95. The molecule has 3 heterocycles. The highest BCUT2D eigenvalue weighted by Crippen LogP contribution is 2.30. The van der Waals surface area contributed by atoms with E-state index in [-0.39, 0.29) is 12.5 Å². The van der Waals surface area contributed by atoms with Crippen LogP contribution in [0.3, 0.4) is 0 Å². The molecule has 0 radical (unpaired) electrons. The summed E-state index contributed by atoms with van der Waals surface area (Å²) in [4.78, 5) is 17.4. The van der Waals surface area contributed by atoms with Crippen LogP contribution in [0, 0.1) is 0 Å². The van der Waals surface area contributed by atoms with Crippen LogP contribution in [0.2, 0.25) is 0 Å². The molecule has 0 unspecified atom stereocenters. The summed E-state index contributed by atoms with van der Waals surface area (Å²) in [6.07, 6.45) is 0. The lowest BCUT2D eigenvalue weighted by Crippen LogP contribution is -2.23. The standard InChI is InChI=1S/C16H13N3O4S/c20-16(10-3-4-11-12(8-10)22-6-5-21-11)17-9-14-18-15(19-23-14)13-2-1-7-24-13/h1-4,7-8H,5-6,9H2,(H,17,20). The molecule has 1 aromatic carbocycles. The zero-order valence-electron chi connectivity index (χ0n) is 12.5. The van der Waals surface area contributed by atoms with Gasteiger partial charge in [-0.3, -0.25) is 4.79 Å². The van der Waals surface area contributed by atoms with Gasteiger partial charge in [0.05, 0.1) is 11.4 Å². The molecule has 1 aliphatic rings. The van der Waals surface area contributed by atoms with Gasteiger partial charge in [-0.2, -0.15) is 4.98 Å². The molecule has 7 nitrogen and oxygen atoms in total. The summed E-state index contributed by atoms with van der Waals surface area (Å²) in [6.45, 7) is 1.15. The van der Waals surface area contributed by atoms with Crippen molar-refractivity contribution in [1.82, 2.24) is 15.5 Å². The van der Waals surface area contributed by atoms with Gasteiger partial charge < -0.3 is 19.3 Å². The molecule has 1 aliphatic heterocycles. The van der Waals surface area contributed by atoms with E-state index in [1.165, 1.54) is 11.3 Å². The molecular formula is C16H13N3O4S. The van der Waals surface area contributed by atoms with E-state index in [0.717, 1.165) is 4.88 Å². The lowest BCUT2D eigenvalue weighted by atomic mass is 10.2. The van der Waals surface area contributed by atoms with Crippen molar-refractivity contribution >= 4 is 17.2 Å². The SMILES string of the molecule is O=C(NCc1nc(-c2cccs2)no1)c1ccc2c(c1)OCCO2. The van der Waals surface area contributed by atoms with Crippen LogP contribution in [0.25, 0.3) is 10.7 Å². The molecule has 0 atom stereocenters. The van der Waals surface area contributed by atoms with E-state index < -0.39 is 0 Å². The highest BCUT2D eigenvalue weighted by molar-refractivity contribution is 7.13. The van der Waals surface area contributed by atoms with Gasteiger partial charge in [0, 0.05) is 5.56 Å². The molecule has 8 heteroatoms. The van der Waals surface area contributed by atoms with Crippen molar-refractivity contribution in [2.45, 2.75) is 6.54 Å². The molecule has 0 spiro atoms. The van der Waals surface area contributed by atoms with Gasteiger partial charge in [0.15, 0.2) is 11.5 Å². The number of hydrogen-bond acceptors (Lipinski definition) is 7. The van der Waals surface area contributed by atoms with Crippen LogP contribution >= 0.6 is 11.3 Å². The number of fused-ring (bicyclic) bond motifs is 1.